The summed E-state index contributed by atoms with van der Waals surface area (Å²) in [6.45, 7) is 8.16. The van der Waals surface area contributed by atoms with Crippen LogP contribution in [0.3, 0.4) is 0 Å². The molecule has 2 aromatic carbocycles. The summed E-state index contributed by atoms with van der Waals surface area (Å²) in [6.07, 6.45) is 4.70. The Morgan fingerprint density at radius 2 is 1.76 bits per heavy atom. The summed E-state index contributed by atoms with van der Waals surface area (Å²) in [5.74, 6) is -0.245. The maximum absolute atomic E-state index is 13.3. The van der Waals surface area contributed by atoms with Gasteiger partial charge in [0.2, 0.25) is 11.8 Å². The minimum atomic E-state index is -4.10. The smallest absolute Gasteiger partial charge is 0.349 e. The number of carbonyl (C=O) groups is 1. The molecule has 1 amide bonds. The average Bonchev–Trinajstić information content (AvgIpc) is 3.42. The van der Waals surface area contributed by atoms with Gasteiger partial charge in [-0.15, -0.1) is 0 Å². The first kappa shape index (κ1) is 33.4. The highest BCUT2D eigenvalue weighted by Gasteiger charge is 2.32. The van der Waals surface area contributed by atoms with Crippen LogP contribution in [0.15, 0.2) is 62.2 Å². The lowest BCUT2D eigenvalue weighted by atomic mass is 9.87. The van der Waals surface area contributed by atoms with E-state index < -0.39 is 15.7 Å². The fourth-order valence-corrected chi connectivity index (χ4v) is 6.62. The number of nitrogens with zero attached hydrogens (tertiary/aromatic N) is 3. The van der Waals surface area contributed by atoms with E-state index in [-0.39, 0.29) is 48.0 Å². The Bertz CT molecular complexity index is 1890. The third-order valence-corrected chi connectivity index (χ3v) is 9.14. The van der Waals surface area contributed by atoms with Crippen molar-refractivity contribution in [1.82, 2.24) is 9.88 Å². The van der Waals surface area contributed by atoms with E-state index in [0.717, 1.165) is 35.1 Å². The largest absolute Gasteiger partial charge is 0.436 e. The number of rotatable bonds is 14. The molecule has 46 heavy (non-hydrogen) atoms. The molecular formula is C34H41N3O8S. The van der Waals surface area contributed by atoms with Crippen molar-refractivity contribution in [3.8, 4) is 11.5 Å². The van der Waals surface area contributed by atoms with Crippen molar-refractivity contribution >= 4 is 49.4 Å². The lowest BCUT2D eigenvalue weighted by Crippen LogP contribution is -2.46. The van der Waals surface area contributed by atoms with Gasteiger partial charge in [-0.3, -0.25) is 9.35 Å². The molecule has 0 spiro atoms. The molecule has 0 saturated heterocycles. The molecule has 0 bridgehead atoms. The summed E-state index contributed by atoms with van der Waals surface area (Å²) in [7, 11) is -2.47. The van der Waals surface area contributed by atoms with Crippen LogP contribution < -0.4 is 10.5 Å². The van der Waals surface area contributed by atoms with E-state index in [0.29, 0.717) is 42.8 Å². The molecule has 2 aromatic heterocycles. The number of fused-ring (bicyclic) bond motifs is 3. The number of anilines is 1. The van der Waals surface area contributed by atoms with Crippen molar-refractivity contribution in [3.05, 3.63) is 64.5 Å². The zero-order valence-corrected chi connectivity index (χ0v) is 27.6. The van der Waals surface area contributed by atoms with Crippen LogP contribution in [-0.2, 0) is 19.6 Å². The molecule has 11 nitrogen and oxygen atoms in total. The highest BCUT2D eigenvalue weighted by atomic mass is 32.2. The van der Waals surface area contributed by atoms with Crippen LogP contribution in [0.25, 0.3) is 39.1 Å². The maximum Gasteiger partial charge on any atom is 0.349 e. The van der Waals surface area contributed by atoms with Crippen LogP contribution in [0.4, 0.5) is 5.69 Å². The average molecular weight is 652 g/mol. The lowest BCUT2D eigenvalue weighted by Gasteiger charge is -2.43. The Morgan fingerprint density at radius 1 is 1.02 bits per heavy atom. The van der Waals surface area contributed by atoms with Crippen LogP contribution in [0.2, 0.25) is 0 Å². The number of unbranched alkanes of at least 4 members (excludes halogenated alkanes) is 1. The van der Waals surface area contributed by atoms with Gasteiger partial charge in [0.25, 0.3) is 10.1 Å². The van der Waals surface area contributed by atoms with E-state index in [9.17, 15) is 18.0 Å². The molecule has 1 N–H and O–H groups in total. The van der Waals surface area contributed by atoms with Crippen molar-refractivity contribution in [3.63, 3.8) is 0 Å². The summed E-state index contributed by atoms with van der Waals surface area (Å²) < 4.78 is 48.4. The number of oxazole rings is 1. The van der Waals surface area contributed by atoms with Crippen molar-refractivity contribution in [2.24, 2.45) is 0 Å². The van der Waals surface area contributed by atoms with Crippen molar-refractivity contribution in [2.75, 3.05) is 44.0 Å². The normalized spacial score (nSPS) is 14.5. The predicted molar refractivity (Wildman–Crippen MR) is 179 cm³/mol. The molecule has 0 aliphatic carbocycles. The third kappa shape index (κ3) is 7.68. The minimum absolute atomic E-state index is 0.0641. The van der Waals surface area contributed by atoms with Crippen LogP contribution in [-0.4, -0.2) is 73.4 Å². The fourth-order valence-electron chi connectivity index (χ4n) is 6.13. The molecule has 0 fully saturated rings. The van der Waals surface area contributed by atoms with Gasteiger partial charge >= 0.3 is 5.63 Å². The monoisotopic (exact) mass is 651 g/mol. The van der Waals surface area contributed by atoms with Crippen molar-refractivity contribution in [2.45, 2.75) is 58.4 Å². The molecular weight excluding hydrogens is 610 g/mol. The van der Waals surface area contributed by atoms with Crippen molar-refractivity contribution in [1.29, 1.82) is 0 Å². The van der Waals surface area contributed by atoms with E-state index >= 15 is 0 Å². The number of aromatic nitrogens is 1. The Morgan fingerprint density at radius 3 is 2.50 bits per heavy atom. The molecule has 12 heteroatoms. The Balaban J connectivity index is 1.35. The van der Waals surface area contributed by atoms with Crippen molar-refractivity contribution < 1.29 is 31.3 Å². The SMILES string of the molecule is COCCCCN(CCCS(=O)(=O)O)C(=O)CCCN1c2cc3oc(=O)c(-c4nc5ccccc5o4)cc3cc2C(C)=CC1(C)C. The molecule has 0 unspecified atom stereocenters. The summed E-state index contributed by atoms with van der Waals surface area (Å²) in [5, 5.41) is 0.743. The Hall–Kier alpha value is -4.00. The van der Waals surface area contributed by atoms with Gasteiger partial charge in [-0.05, 0) is 76.3 Å². The molecule has 0 atom stereocenters. The summed E-state index contributed by atoms with van der Waals surface area (Å²) >= 11 is 0. The molecule has 4 aromatic rings. The number of allylic oxidation sites excluding steroid dienone is 1. The number of hydrogen-bond acceptors (Lipinski definition) is 9. The second kappa shape index (κ2) is 13.8. The summed E-state index contributed by atoms with van der Waals surface area (Å²) in [6, 6.07) is 13.0. The first-order valence-corrected chi connectivity index (χ1v) is 17.1. The van der Waals surface area contributed by atoms with Gasteiger partial charge in [-0.25, -0.2) is 9.78 Å². The first-order valence-electron chi connectivity index (χ1n) is 15.5. The molecule has 0 saturated carbocycles. The number of ether oxygens (including phenoxy) is 1. The first-order chi connectivity index (χ1) is 21.9. The number of para-hydroxylation sites is 2. The van der Waals surface area contributed by atoms with E-state index in [4.69, 9.17) is 18.1 Å². The van der Waals surface area contributed by atoms with E-state index in [1.165, 1.54) is 0 Å². The van der Waals surface area contributed by atoms with E-state index in [2.05, 4.69) is 36.7 Å². The third-order valence-electron chi connectivity index (χ3n) is 8.34. The number of benzene rings is 2. The maximum atomic E-state index is 13.3. The zero-order valence-electron chi connectivity index (χ0n) is 26.7. The van der Waals surface area contributed by atoms with Gasteiger partial charge in [0, 0.05) is 62.5 Å². The second-order valence-electron chi connectivity index (χ2n) is 12.3. The van der Waals surface area contributed by atoms with Gasteiger partial charge in [0.1, 0.15) is 16.7 Å². The van der Waals surface area contributed by atoms with Crippen LogP contribution in [0, 0.1) is 0 Å². The number of methoxy groups -OCH3 is 1. The Kier molecular flexibility index (Phi) is 9.99. The minimum Gasteiger partial charge on any atom is -0.436 e. The van der Waals surface area contributed by atoms with E-state index in [1.54, 1.807) is 24.1 Å². The van der Waals surface area contributed by atoms with Crippen LogP contribution in [0.1, 0.15) is 58.4 Å². The molecule has 5 rings (SSSR count). The van der Waals surface area contributed by atoms with Crippen LogP contribution in [0.5, 0.6) is 0 Å². The highest BCUT2D eigenvalue weighted by Crippen LogP contribution is 2.41. The molecule has 246 valence electrons. The number of carbonyl (C=O) groups excluding carboxylic acids is 1. The van der Waals surface area contributed by atoms with E-state index in [1.807, 2.05) is 30.3 Å². The van der Waals surface area contributed by atoms with Crippen LogP contribution >= 0.6 is 0 Å². The Labute approximate surface area is 268 Å². The molecule has 0 radical (unpaired) electrons. The lowest BCUT2D eigenvalue weighted by molar-refractivity contribution is -0.131. The summed E-state index contributed by atoms with van der Waals surface area (Å²) in [5.41, 5.74) is 4.02. The fraction of sp³-hybridized carbons (Fsp3) is 0.441. The van der Waals surface area contributed by atoms with Gasteiger partial charge < -0.3 is 23.4 Å². The molecule has 3 heterocycles. The van der Waals surface area contributed by atoms with Gasteiger partial charge in [-0.1, -0.05) is 18.2 Å². The highest BCUT2D eigenvalue weighted by molar-refractivity contribution is 7.85. The quantitative estimate of drug-likeness (QED) is 0.0992. The number of hydrogen-bond donors (Lipinski definition) is 1. The molecule has 1 aliphatic rings. The molecule has 1 aliphatic heterocycles. The van der Waals surface area contributed by atoms with Gasteiger partial charge in [0.15, 0.2) is 5.58 Å². The summed E-state index contributed by atoms with van der Waals surface area (Å²) in [4.78, 5) is 34.8. The number of amides is 1. The predicted octanol–water partition coefficient (Wildman–Crippen LogP) is 5.92. The van der Waals surface area contributed by atoms with Gasteiger partial charge in [0.05, 0.1) is 11.3 Å². The topological polar surface area (TPSA) is 143 Å². The standard InChI is InChI=1S/C34H41N3O8S/c1-23-22-34(2,3)37(16-9-13-31(38)36(14-7-8-17-43-4)15-10-18-46(40,41)42)28-21-30-24(19-25(23)28)20-26(33(39)45-30)32-35-27-11-5-6-12-29(27)44-32/h5-6,11-12,19-22H,7-10,13-18H2,1-4H3,(H,40,41,42). The second-order valence-corrected chi connectivity index (χ2v) is 13.9. The zero-order chi connectivity index (χ0) is 33.1. The van der Waals surface area contributed by atoms with Gasteiger partial charge in [-0.2, -0.15) is 8.42 Å².